The average Bonchev–Trinajstić information content (AvgIpc) is 2.80. The van der Waals surface area contributed by atoms with E-state index in [1.165, 1.54) is 0 Å². The predicted molar refractivity (Wildman–Crippen MR) is 78.3 cm³/mol. The van der Waals surface area contributed by atoms with E-state index in [4.69, 9.17) is 10.8 Å². The second-order valence-corrected chi connectivity index (χ2v) is 5.76. The SMILES string of the molecule is CC(C)CC(CNC(=O)C(N)c1cnn(C)c1)CC(=O)O. The van der Waals surface area contributed by atoms with E-state index in [0.29, 0.717) is 18.0 Å². The van der Waals surface area contributed by atoms with Crippen LogP contribution in [0.1, 0.15) is 38.3 Å². The summed E-state index contributed by atoms with van der Waals surface area (Å²) in [6.07, 6.45) is 4.02. The summed E-state index contributed by atoms with van der Waals surface area (Å²) in [5.74, 6) is -0.889. The molecule has 0 saturated carbocycles. The minimum Gasteiger partial charge on any atom is -0.481 e. The maximum Gasteiger partial charge on any atom is 0.303 e. The van der Waals surface area contributed by atoms with E-state index in [1.807, 2.05) is 13.8 Å². The van der Waals surface area contributed by atoms with Crippen LogP contribution < -0.4 is 11.1 Å². The van der Waals surface area contributed by atoms with Gasteiger partial charge in [0.25, 0.3) is 0 Å². The van der Waals surface area contributed by atoms with E-state index < -0.39 is 12.0 Å². The first kappa shape index (κ1) is 17.2. The third-order valence-electron chi connectivity index (χ3n) is 3.20. The molecule has 21 heavy (non-hydrogen) atoms. The Labute approximate surface area is 124 Å². The Kier molecular flexibility index (Phi) is 6.36. The summed E-state index contributed by atoms with van der Waals surface area (Å²) in [6.45, 7) is 4.37. The van der Waals surface area contributed by atoms with E-state index >= 15 is 0 Å². The number of carboxylic acid groups (broad SMARTS) is 1. The number of nitrogens with zero attached hydrogens (tertiary/aromatic N) is 2. The number of amides is 1. The summed E-state index contributed by atoms with van der Waals surface area (Å²) in [7, 11) is 1.75. The number of aryl methyl sites for hydroxylation is 1. The van der Waals surface area contributed by atoms with Gasteiger partial charge in [0.15, 0.2) is 0 Å². The minimum atomic E-state index is -0.855. The molecule has 0 aliphatic carbocycles. The minimum absolute atomic E-state index is 0.0423. The number of nitrogens with two attached hydrogens (primary N) is 1. The second-order valence-electron chi connectivity index (χ2n) is 5.76. The molecular weight excluding hydrogens is 272 g/mol. The van der Waals surface area contributed by atoms with E-state index in [0.717, 1.165) is 6.42 Å². The van der Waals surface area contributed by atoms with Crippen LogP contribution in [-0.2, 0) is 16.6 Å². The Hall–Kier alpha value is -1.89. The molecule has 0 spiro atoms. The summed E-state index contributed by atoms with van der Waals surface area (Å²) in [5.41, 5.74) is 6.49. The van der Waals surface area contributed by atoms with Gasteiger partial charge in [-0.3, -0.25) is 14.3 Å². The van der Waals surface area contributed by atoms with Crippen LogP contribution in [0.5, 0.6) is 0 Å². The molecule has 0 aliphatic heterocycles. The highest BCUT2D eigenvalue weighted by atomic mass is 16.4. The second kappa shape index (κ2) is 7.78. The van der Waals surface area contributed by atoms with Crippen molar-refractivity contribution in [1.29, 1.82) is 0 Å². The molecule has 0 aromatic carbocycles. The standard InChI is InChI=1S/C14H24N4O3/c1-9(2)4-10(5-12(19)20)6-16-14(21)13(15)11-7-17-18(3)8-11/h7-10,13H,4-6,15H2,1-3H3,(H,16,21)(H,19,20). The fraction of sp³-hybridized carbons (Fsp3) is 0.643. The number of aromatic nitrogens is 2. The first-order chi connectivity index (χ1) is 9.79. The lowest BCUT2D eigenvalue weighted by atomic mass is 9.94. The molecule has 0 fully saturated rings. The number of rotatable bonds is 8. The van der Waals surface area contributed by atoms with Crippen molar-refractivity contribution in [3.05, 3.63) is 18.0 Å². The highest BCUT2D eigenvalue weighted by Gasteiger charge is 2.20. The van der Waals surface area contributed by atoms with Gasteiger partial charge in [-0.1, -0.05) is 13.8 Å². The van der Waals surface area contributed by atoms with Crippen LogP contribution in [0.4, 0.5) is 0 Å². The largest absolute Gasteiger partial charge is 0.481 e. The highest BCUT2D eigenvalue weighted by Crippen LogP contribution is 2.15. The molecule has 1 rings (SSSR count). The van der Waals surface area contributed by atoms with Gasteiger partial charge in [-0.25, -0.2) is 0 Å². The van der Waals surface area contributed by atoms with Gasteiger partial charge in [-0.05, 0) is 18.3 Å². The van der Waals surface area contributed by atoms with Crippen LogP contribution in [0.3, 0.4) is 0 Å². The molecule has 0 bridgehead atoms. The zero-order valence-electron chi connectivity index (χ0n) is 12.7. The molecule has 2 atom stereocenters. The lowest BCUT2D eigenvalue weighted by Crippen LogP contribution is -2.37. The molecule has 2 unspecified atom stereocenters. The third kappa shape index (κ3) is 5.95. The van der Waals surface area contributed by atoms with Crippen LogP contribution in [-0.4, -0.2) is 33.3 Å². The predicted octanol–water partition coefficient (Wildman–Crippen LogP) is 0.673. The van der Waals surface area contributed by atoms with E-state index in [2.05, 4.69) is 10.4 Å². The summed E-state index contributed by atoms with van der Waals surface area (Å²) in [4.78, 5) is 22.9. The molecule has 1 aromatic heterocycles. The molecule has 4 N–H and O–H groups in total. The summed E-state index contributed by atoms with van der Waals surface area (Å²) in [5, 5.41) is 15.6. The van der Waals surface area contributed by atoms with Gasteiger partial charge in [-0.15, -0.1) is 0 Å². The van der Waals surface area contributed by atoms with Gasteiger partial charge in [0, 0.05) is 31.8 Å². The van der Waals surface area contributed by atoms with Crippen molar-refractivity contribution in [2.24, 2.45) is 24.6 Å². The van der Waals surface area contributed by atoms with Crippen LogP contribution in [0, 0.1) is 11.8 Å². The van der Waals surface area contributed by atoms with Crippen LogP contribution in [0.25, 0.3) is 0 Å². The summed E-state index contributed by atoms with van der Waals surface area (Å²) < 4.78 is 1.58. The van der Waals surface area contributed by atoms with Gasteiger partial charge >= 0.3 is 5.97 Å². The monoisotopic (exact) mass is 296 g/mol. The Bertz CT molecular complexity index is 484. The molecule has 0 radical (unpaired) electrons. The Morgan fingerprint density at radius 1 is 1.48 bits per heavy atom. The van der Waals surface area contributed by atoms with E-state index in [9.17, 15) is 9.59 Å². The van der Waals surface area contributed by atoms with E-state index in [1.54, 1.807) is 24.1 Å². The lowest BCUT2D eigenvalue weighted by Gasteiger charge is -2.19. The van der Waals surface area contributed by atoms with E-state index in [-0.39, 0.29) is 18.2 Å². The number of carbonyl (C=O) groups is 2. The van der Waals surface area contributed by atoms with Gasteiger partial charge in [-0.2, -0.15) is 5.10 Å². The van der Waals surface area contributed by atoms with Gasteiger partial charge in [0.2, 0.25) is 5.91 Å². The quantitative estimate of drug-likeness (QED) is 0.653. The average molecular weight is 296 g/mol. The van der Waals surface area contributed by atoms with Crippen molar-refractivity contribution in [3.63, 3.8) is 0 Å². The number of carboxylic acids is 1. The van der Waals surface area contributed by atoms with Crippen LogP contribution in [0.15, 0.2) is 12.4 Å². The first-order valence-corrected chi connectivity index (χ1v) is 7.03. The topological polar surface area (TPSA) is 110 Å². The first-order valence-electron chi connectivity index (χ1n) is 7.03. The molecule has 0 aliphatic rings. The maximum atomic E-state index is 12.0. The molecular formula is C14H24N4O3. The summed E-state index contributed by atoms with van der Waals surface area (Å²) in [6, 6.07) is -0.789. The number of hydrogen-bond acceptors (Lipinski definition) is 4. The van der Waals surface area contributed by atoms with Crippen LogP contribution in [0.2, 0.25) is 0 Å². The van der Waals surface area contributed by atoms with Crippen LogP contribution >= 0.6 is 0 Å². The zero-order chi connectivity index (χ0) is 16.0. The lowest BCUT2D eigenvalue weighted by molar-refractivity contribution is -0.138. The number of aliphatic carboxylic acids is 1. The molecule has 0 saturated heterocycles. The molecule has 1 heterocycles. The Balaban J connectivity index is 2.53. The van der Waals surface area contributed by atoms with Crippen molar-refractivity contribution >= 4 is 11.9 Å². The Morgan fingerprint density at radius 3 is 2.62 bits per heavy atom. The van der Waals surface area contributed by atoms with Crippen molar-refractivity contribution in [1.82, 2.24) is 15.1 Å². The van der Waals surface area contributed by atoms with Crippen molar-refractivity contribution < 1.29 is 14.7 Å². The zero-order valence-corrected chi connectivity index (χ0v) is 12.7. The molecule has 7 heteroatoms. The highest BCUT2D eigenvalue weighted by molar-refractivity contribution is 5.82. The molecule has 1 amide bonds. The van der Waals surface area contributed by atoms with Gasteiger partial charge < -0.3 is 16.2 Å². The molecule has 7 nitrogen and oxygen atoms in total. The fourth-order valence-electron chi connectivity index (χ4n) is 2.26. The van der Waals surface area contributed by atoms with Crippen molar-refractivity contribution in [2.45, 2.75) is 32.7 Å². The van der Waals surface area contributed by atoms with Gasteiger partial charge in [0.05, 0.1) is 6.20 Å². The van der Waals surface area contributed by atoms with Gasteiger partial charge in [0.1, 0.15) is 6.04 Å². The van der Waals surface area contributed by atoms with Crippen molar-refractivity contribution in [2.75, 3.05) is 6.54 Å². The fourth-order valence-corrected chi connectivity index (χ4v) is 2.26. The third-order valence-corrected chi connectivity index (χ3v) is 3.20. The number of carbonyl (C=O) groups excluding carboxylic acids is 1. The molecule has 118 valence electrons. The molecule has 1 aromatic rings. The normalized spacial score (nSPS) is 14.0. The smallest absolute Gasteiger partial charge is 0.303 e. The number of hydrogen-bond donors (Lipinski definition) is 3. The Morgan fingerprint density at radius 2 is 2.14 bits per heavy atom. The maximum absolute atomic E-state index is 12.0. The summed E-state index contributed by atoms with van der Waals surface area (Å²) >= 11 is 0. The van der Waals surface area contributed by atoms with Crippen molar-refractivity contribution in [3.8, 4) is 0 Å². The number of nitrogens with one attached hydrogen (secondary N) is 1.